The first-order chi connectivity index (χ1) is 16.1. The molecule has 0 bridgehead atoms. The van der Waals surface area contributed by atoms with Crippen molar-refractivity contribution in [1.29, 1.82) is 0 Å². The first-order valence-electron chi connectivity index (χ1n) is 10.2. The maximum Gasteiger partial charge on any atom is 0.331 e. The van der Waals surface area contributed by atoms with Gasteiger partial charge in [0, 0.05) is 30.0 Å². The molecule has 0 aliphatic rings. The van der Waals surface area contributed by atoms with Gasteiger partial charge >= 0.3 is 5.97 Å². The topological polar surface area (TPSA) is 83.1 Å². The van der Waals surface area contributed by atoms with Crippen LogP contribution in [-0.2, 0) is 20.9 Å². The van der Waals surface area contributed by atoms with Gasteiger partial charge in [-0.15, -0.1) is 0 Å². The number of hydrogen-bond donors (Lipinski definition) is 1. The fraction of sp³-hybridized carbons (Fsp3) is 0.154. The van der Waals surface area contributed by atoms with Crippen LogP contribution in [0.15, 0.2) is 78.9 Å². The Morgan fingerprint density at radius 3 is 2.15 bits per heavy atom. The van der Waals surface area contributed by atoms with Gasteiger partial charge in [-0.1, -0.05) is 42.5 Å². The molecule has 0 fully saturated rings. The summed E-state index contributed by atoms with van der Waals surface area (Å²) in [5.41, 5.74) is 2.35. The van der Waals surface area contributed by atoms with E-state index >= 15 is 0 Å². The minimum atomic E-state index is -0.627. The predicted octanol–water partition coefficient (Wildman–Crippen LogP) is 4.48. The van der Waals surface area contributed by atoms with Crippen molar-refractivity contribution in [2.45, 2.75) is 6.61 Å². The van der Waals surface area contributed by atoms with Gasteiger partial charge in [0.25, 0.3) is 5.91 Å². The van der Waals surface area contributed by atoms with Crippen molar-refractivity contribution in [3.8, 4) is 17.2 Å². The average Bonchev–Trinajstić information content (AvgIpc) is 2.86. The number of hydrogen-bond acceptors (Lipinski definition) is 6. The van der Waals surface area contributed by atoms with Gasteiger partial charge in [0.1, 0.15) is 23.9 Å². The summed E-state index contributed by atoms with van der Waals surface area (Å²) < 4.78 is 21.1. The molecular formula is C26H25NO6. The number of nitrogens with one attached hydrogen (secondary N) is 1. The van der Waals surface area contributed by atoms with Crippen molar-refractivity contribution < 1.29 is 28.5 Å². The molecule has 3 rings (SSSR count). The number of esters is 1. The van der Waals surface area contributed by atoms with Crippen molar-refractivity contribution in [3.63, 3.8) is 0 Å². The molecule has 3 aromatic rings. The lowest BCUT2D eigenvalue weighted by molar-refractivity contribution is -0.142. The van der Waals surface area contributed by atoms with Crippen LogP contribution in [0.2, 0.25) is 0 Å². The highest BCUT2D eigenvalue weighted by molar-refractivity contribution is 5.95. The van der Waals surface area contributed by atoms with E-state index in [-0.39, 0.29) is 0 Å². The SMILES string of the molecule is COc1cc(NC(=O)COC(=O)/C=C/c2ccc(OCc3ccccc3)cc2)cc(OC)c1. The van der Waals surface area contributed by atoms with Gasteiger partial charge in [-0.25, -0.2) is 4.79 Å². The standard InChI is InChI=1S/C26H25NO6/c1-30-23-14-21(15-24(16-23)31-2)27-25(28)18-33-26(29)13-10-19-8-11-22(12-9-19)32-17-20-6-4-3-5-7-20/h3-16H,17-18H2,1-2H3,(H,27,28)/b13-10+. The molecule has 0 saturated heterocycles. The molecule has 170 valence electrons. The van der Waals surface area contributed by atoms with E-state index in [1.54, 1.807) is 24.3 Å². The van der Waals surface area contributed by atoms with Gasteiger partial charge < -0.3 is 24.3 Å². The summed E-state index contributed by atoms with van der Waals surface area (Å²) >= 11 is 0. The van der Waals surface area contributed by atoms with Crippen molar-refractivity contribution in [2.24, 2.45) is 0 Å². The second-order valence-corrected chi connectivity index (χ2v) is 6.93. The minimum absolute atomic E-state index is 0.422. The lowest BCUT2D eigenvalue weighted by Gasteiger charge is -2.09. The molecule has 0 saturated carbocycles. The van der Waals surface area contributed by atoms with E-state index in [2.05, 4.69) is 5.32 Å². The molecule has 0 aromatic heterocycles. The second kappa shape index (κ2) is 12.0. The Kier molecular flexibility index (Phi) is 8.48. The van der Waals surface area contributed by atoms with Gasteiger partial charge in [-0.05, 0) is 29.3 Å². The third-order valence-electron chi connectivity index (χ3n) is 4.52. The zero-order chi connectivity index (χ0) is 23.5. The van der Waals surface area contributed by atoms with Crippen LogP contribution in [0, 0.1) is 0 Å². The van der Waals surface area contributed by atoms with Crippen LogP contribution in [0.3, 0.4) is 0 Å². The third kappa shape index (κ3) is 7.74. The lowest BCUT2D eigenvalue weighted by atomic mass is 10.2. The third-order valence-corrected chi connectivity index (χ3v) is 4.52. The Morgan fingerprint density at radius 1 is 0.848 bits per heavy atom. The van der Waals surface area contributed by atoms with Crippen molar-refractivity contribution in [3.05, 3.63) is 90.0 Å². The Morgan fingerprint density at radius 2 is 1.52 bits per heavy atom. The molecule has 0 aliphatic carbocycles. The van der Waals surface area contributed by atoms with Crippen LogP contribution in [0.1, 0.15) is 11.1 Å². The number of methoxy groups -OCH3 is 2. The van der Waals surface area contributed by atoms with Crippen molar-refractivity contribution in [1.82, 2.24) is 0 Å². The molecule has 7 nitrogen and oxygen atoms in total. The van der Waals surface area contributed by atoms with E-state index in [0.29, 0.717) is 23.8 Å². The van der Waals surface area contributed by atoms with Crippen LogP contribution in [-0.4, -0.2) is 32.7 Å². The van der Waals surface area contributed by atoms with E-state index in [4.69, 9.17) is 18.9 Å². The quantitative estimate of drug-likeness (QED) is 0.365. The predicted molar refractivity (Wildman–Crippen MR) is 125 cm³/mol. The maximum atomic E-state index is 12.1. The highest BCUT2D eigenvalue weighted by Crippen LogP contribution is 2.25. The molecule has 1 N–H and O–H groups in total. The second-order valence-electron chi connectivity index (χ2n) is 6.93. The van der Waals surface area contributed by atoms with E-state index in [9.17, 15) is 9.59 Å². The Bertz CT molecular complexity index is 1070. The summed E-state index contributed by atoms with van der Waals surface area (Å²) in [6, 6.07) is 22.1. The smallest absolute Gasteiger partial charge is 0.331 e. The van der Waals surface area contributed by atoms with Gasteiger partial charge in [-0.3, -0.25) is 4.79 Å². The summed E-state index contributed by atoms with van der Waals surface area (Å²) in [5.74, 6) is 0.677. The fourth-order valence-corrected chi connectivity index (χ4v) is 2.84. The Balaban J connectivity index is 1.44. The minimum Gasteiger partial charge on any atom is -0.497 e. The summed E-state index contributed by atoms with van der Waals surface area (Å²) in [5, 5.41) is 2.64. The molecule has 0 aliphatic heterocycles. The average molecular weight is 447 g/mol. The molecular weight excluding hydrogens is 422 g/mol. The molecule has 0 radical (unpaired) electrons. The summed E-state index contributed by atoms with van der Waals surface area (Å²) in [6.45, 7) is 0.0575. The number of anilines is 1. The van der Waals surface area contributed by atoms with Gasteiger partial charge in [0.2, 0.25) is 0 Å². The molecule has 3 aromatic carbocycles. The molecule has 7 heteroatoms. The molecule has 1 amide bonds. The van der Waals surface area contributed by atoms with E-state index in [1.807, 2.05) is 54.6 Å². The number of carbonyl (C=O) groups excluding carboxylic acids is 2. The monoisotopic (exact) mass is 447 g/mol. The number of ether oxygens (including phenoxy) is 4. The molecule has 0 heterocycles. The van der Waals surface area contributed by atoms with E-state index < -0.39 is 18.5 Å². The number of amides is 1. The highest BCUT2D eigenvalue weighted by atomic mass is 16.5. The van der Waals surface area contributed by atoms with Crippen LogP contribution in [0.5, 0.6) is 17.2 Å². The largest absolute Gasteiger partial charge is 0.497 e. The van der Waals surface area contributed by atoms with Crippen LogP contribution in [0.25, 0.3) is 6.08 Å². The maximum absolute atomic E-state index is 12.1. The van der Waals surface area contributed by atoms with E-state index in [0.717, 1.165) is 16.9 Å². The van der Waals surface area contributed by atoms with Crippen LogP contribution < -0.4 is 19.5 Å². The Hall–Kier alpha value is -4.26. The zero-order valence-corrected chi connectivity index (χ0v) is 18.4. The number of benzene rings is 3. The highest BCUT2D eigenvalue weighted by Gasteiger charge is 2.08. The van der Waals surface area contributed by atoms with Gasteiger partial charge in [0.05, 0.1) is 14.2 Å². The first-order valence-corrected chi connectivity index (χ1v) is 10.2. The van der Waals surface area contributed by atoms with Gasteiger partial charge in [-0.2, -0.15) is 0 Å². The van der Waals surface area contributed by atoms with Crippen LogP contribution >= 0.6 is 0 Å². The van der Waals surface area contributed by atoms with E-state index in [1.165, 1.54) is 20.3 Å². The molecule has 0 spiro atoms. The summed E-state index contributed by atoms with van der Waals surface area (Å²) in [6.07, 6.45) is 2.87. The zero-order valence-electron chi connectivity index (χ0n) is 18.4. The summed E-state index contributed by atoms with van der Waals surface area (Å²) in [4.78, 5) is 24.0. The van der Waals surface area contributed by atoms with Gasteiger partial charge in [0.15, 0.2) is 6.61 Å². The molecule has 0 unspecified atom stereocenters. The fourth-order valence-electron chi connectivity index (χ4n) is 2.84. The van der Waals surface area contributed by atoms with Crippen LogP contribution in [0.4, 0.5) is 5.69 Å². The Labute approximate surface area is 192 Å². The van der Waals surface area contributed by atoms with Crippen molar-refractivity contribution in [2.75, 3.05) is 26.1 Å². The lowest BCUT2D eigenvalue weighted by Crippen LogP contribution is -2.20. The molecule has 0 atom stereocenters. The normalized spacial score (nSPS) is 10.5. The number of rotatable bonds is 10. The molecule has 33 heavy (non-hydrogen) atoms. The number of carbonyl (C=O) groups is 2. The van der Waals surface area contributed by atoms with Crippen molar-refractivity contribution >= 4 is 23.6 Å². The first kappa shape index (κ1) is 23.4. The summed E-state index contributed by atoms with van der Waals surface area (Å²) in [7, 11) is 3.03.